The maximum Gasteiger partial charge on any atom is 0.134 e. The van der Waals surface area contributed by atoms with Gasteiger partial charge in [0.25, 0.3) is 0 Å². The lowest BCUT2D eigenvalue weighted by Gasteiger charge is -2.10. The van der Waals surface area contributed by atoms with Gasteiger partial charge >= 0.3 is 0 Å². The third-order valence-electron chi connectivity index (χ3n) is 3.24. The highest BCUT2D eigenvalue weighted by Crippen LogP contribution is 2.28. The van der Waals surface area contributed by atoms with Crippen molar-refractivity contribution in [2.75, 3.05) is 7.05 Å². The summed E-state index contributed by atoms with van der Waals surface area (Å²) in [5.74, 6) is 0.834. The van der Waals surface area contributed by atoms with E-state index in [1.807, 2.05) is 24.8 Å². The first-order valence-electron chi connectivity index (χ1n) is 6.82. The number of halogens is 2. The summed E-state index contributed by atoms with van der Waals surface area (Å²) in [4.78, 5) is 0. The predicted octanol–water partition coefficient (Wildman–Crippen LogP) is 3.81. The lowest BCUT2D eigenvalue weighted by molar-refractivity contribution is 0.292. The molecule has 1 heterocycles. The summed E-state index contributed by atoms with van der Waals surface area (Å²) in [6, 6.07) is 6.12. The van der Waals surface area contributed by atoms with Crippen molar-refractivity contribution in [3.05, 3.63) is 44.1 Å². The molecule has 0 saturated carbocycles. The predicted molar refractivity (Wildman–Crippen MR) is 91.5 cm³/mol. The Morgan fingerprint density at radius 1 is 1.33 bits per heavy atom. The number of hydrogen-bond donors (Lipinski definition) is 1. The smallest absolute Gasteiger partial charge is 0.134 e. The van der Waals surface area contributed by atoms with Crippen LogP contribution < -0.4 is 10.1 Å². The third kappa shape index (κ3) is 3.87. The van der Waals surface area contributed by atoms with Crippen LogP contribution in [-0.4, -0.2) is 16.8 Å². The topological polar surface area (TPSA) is 39.1 Å². The van der Waals surface area contributed by atoms with E-state index in [9.17, 15) is 0 Å². The molecule has 0 saturated heterocycles. The van der Waals surface area contributed by atoms with Crippen LogP contribution in [0.1, 0.15) is 23.9 Å². The molecule has 0 radical (unpaired) electrons. The van der Waals surface area contributed by atoms with Crippen LogP contribution in [0.4, 0.5) is 0 Å². The second-order valence-electron chi connectivity index (χ2n) is 4.77. The van der Waals surface area contributed by atoms with Crippen LogP contribution in [-0.2, 0) is 26.6 Å². The largest absolute Gasteiger partial charge is 0.486 e. The van der Waals surface area contributed by atoms with E-state index in [-0.39, 0.29) is 0 Å². The Hall–Kier alpha value is -0.850. The van der Waals surface area contributed by atoms with Gasteiger partial charge in [-0.2, -0.15) is 5.10 Å². The average Bonchev–Trinajstić information content (AvgIpc) is 2.73. The van der Waals surface area contributed by atoms with E-state index in [1.54, 1.807) is 0 Å². The zero-order chi connectivity index (χ0) is 15.4. The Balaban J connectivity index is 2.11. The third-order valence-corrected chi connectivity index (χ3v) is 4.78. The standard InChI is InChI=1S/C15H19Br2N3O/c1-4-12-15(17)13(20(3)19-12)9-21-14-6-5-10(8-18-2)7-11(14)16/h5-7,18H,4,8-9H2,1-3H3. The van der Waals surface area contributed by atoms with Crippen LogP contribution in [0.15, 0.2) is 27.1 Å². The molecule has 6 heteroatoms. The molecule has 0 aliphatic rings. The Labute approximate surface area is 142 Å². The zero-order valence-electron chi connectivity index (χ0n) is 12.4. The van der Waals surface area contributed by atoms with E-state index in [0.717, 1.165) is 39.0 Å². The highest BCUT2D eigenvalue weighted by Gasteiger charge is 2.13. The molecule has 21 heavy (non-hydrogen) atoms. The van der Waals surface area contributed by atoms with Crippen LogP contribution >= 0.6 is 31.9 Å². The minimum atomic E-state index is 0.480. The first-order chi connectivity index (χ1) is 10.1. The number of aromatic nitrogens is 2. The van der Waals surface area contributed by atoms with Crippen LogP contribution in [0.5, 0.6) is 5.75 Å². The first-order valence-corrected chi connectivity index (χ1v) is 8.41. The first kappa shape index (κ1) is 16.5. The molecule has 0 fully saturated rings. The lowest BCUT2D eigenvalue weighted by Crippen LogP contribution is -2.06. The van der Waals surface area contributed by atoms with Crippen molar-refractivity contribution in [2.24, 2.45) is 7.05 Å². The number of nitrogens with zero attached hydrogens (tertiary/aromatic N) is 2. The fraction of sp³-hybridized carbons (Fsp3) is 0.400. The van der Waals surface area contributed by atoms with E-state index in [4.69, 9.17) is 4.74 Å². The Bertz CT molecular complexity index is 626. The van der Waals surface area contributed by atoms with Gasteiger partial charge in [-0.3, -0.25) is 4.68 Å². The quantitative estimate of drug-likeness (QED) is 0.778. The second kappa shape index (κ2) is 7.42. The molecule has 0 bridgehead atoms. The van der Waals surface area contributed by atoms with Crippen molar-refractivity contribution < 1.29 is 4.74 Å². The molecule has 114 valence electrons. The van der Waals surface area contributed by atoms with Crippen LogP contribution in [0, 0.1) is 0 Å². The molecule has 0 atom stereocenters. The molecule has 1 aromatic carbocycles. The van der Waals surface area contributed by atoms with E-state index in [1.165, 1.54) is 5.56 Å². The molecule has 0 unspecified atom stereocenters. The number of hydrogen-bond acceptors (Lipinski definition) is 3. The van der Waals surface area contributed by atoms with Gasteiger partial charge in [0.15, 0.2) is 0 Å². The summed E-state index contributed by atoms with van der Waals surface area (Å²) in [6.07, 6.45) is 0.900. The molecule has 4 nitrogen and oxygen atoms in total. The van der Waals surface area contributed by atoms with E-state index in [0.29, 0.717) is 6.61 Å². The number of rotatable bonds is 6. The van der Waals surface area contributed by atoms with Crippen molar-refractivity contribution in [1.82, 2.24) is 15.1 Å². The highest BCUT2D eigenvalue weighted by molar-refractivity contribution is 9.10. The molecular weight excluding hydrogens is 398 g/mol. The van der Waals surface area contributed by atoms with Gasteiger partial charge in [0.1, 0.15) is 12.4 Å². The van der Waals surface area contributed by atoms with E-state index >= 15 is 0 Å². The van der Waals surface area contributed by atoms with Crippen LogP contribution in [0.3, 0.4) is 0 Å². The Kier molecular flexibility index (Phi) is 5.84. The van der Waals surface area contributed by atoms with E-state index in [2.05, 4.69) is 61.3 Å². The van der Waals surface area contributed by atoms with Crippen LogP contribution in [0.2, 0.25) is 0 Å². The van der Waals surface area contributed by atoms with Crippen molar-refractivity contribution >= 4 is 31.9 Å². The second-order valence-corrected chi connectivity index (χ2v) is 6.42. The molecule has 2 rings (SSSR count). The number of nitrogens with one attached hydrogen (secondary N) is 1. The van der Waals surface area contributed by atoms with Gasteiger partial charge in [-0.1, -0.05) is 13.0 Å². The zero-order valence-corrected chi connectivity index (χ0v) is 15.6. The molecule has 0 aliphatic carbocycles. The minimum Gasteiger partial charge on any atom is -0.486 e. The number of aryl methyl sites for hydroxylation is 2. The molecule has 0 spiro atoms. The highest BCUT2D eigenvalue weighted by atomic mass is 79.9. The normalized spacial score (nSPS) is 10.9. The summed E-state index contributed by atoms with van der Waals surface area (Å²) in [5, 5.41) is 7.60. The summed E-state index contributed by atoms with van der Waals surface area (Å²) in [5.41, 5.74) is 3.31. The van der Waals surface area contributed by atoms with Gasteiger partial charge in [0.05, 0.1) is 20.3 Å². The minimum absolute atomic E-state index is 0.480. The van der Waals surface area contributed by atoms with Gasteiger partial charge in [0, 0.05) is 13.6 Å². The van der Waals surface area contributed by atoms with Crippen molar-refractivity contribution in [1.29, 1.82) is 0 Å². The van der Waals surface area contributed by atoms with Gasteiger partial charge in [-0.25, -0.2) is 0 Å². The number of benzene rings is 1. The maximum absolute atomic E-state index is 5.92. The van der Waals surface area contributed by atoms with Crippen molar-refractivity contribution in [3.8, 4) is 5.75 Å². The van der Waals surface area contributed by atoms with Gasteiger partial charge in [-0.15, -0.1) is 0 Å². The van der Waals surface area contributed by atoms with Gasteiger partial charge in [-0.05, 0) is 63.0 Å². The molecule has 0 aliphatic heterocycles. The summed E-state index contributed by atoms with van der Waals surface area (Å²) < 4.78 is 9.78. The van der Waals surface area contributed by atoms with Crippen molar-refractivity contribution in [2.45, 2.75) is 26.5 Å². The fourth-order valence-corrected chi connectivity index (χ4v) is 3.37. The summed E-state index contributed by atoms with van der Waals surface area (Å²) >= 11 is 7.16. The summed E-state index contributed by atoms with van der Waals surface area (Å²) in [7, 11) is 3.87. The molecule has 2 aromatic rings. The number of ether oxygens (including phenoxy) is 1. The fourth-order valence-electron chi connectivity index (χ4n) is 2.10. The SMILES string of the molecule is CCc1nn(C)c(COc2ccc(CNC)cc2Br)c1Br. The monoisotopic (exact) mass is 415 g/mol. The Morgan fingerprint density at radius 3 is 2.67 bits per heavy atom. The molecule has 1 N–H and O–H groups in total. The van der Waals surface area contributed by atoms with Gasteiger partial charge < -0.3 is 10.1 Å². The lowest BCUT2D eigenvalue weighted by atomic mass is 10.2. The molecular formula is C15H19Br2N3O. The average molecular weight is 417 g/mol. The Morgan fingerprint density at radius 2 is 2.10 bits per heavy atom. The van der Waals surface area contributed by atoms with Crippen molar-refractivity contribution in [3.63, 3.8) is 0 Å². The van der Waals surface area contributed by atoms with Crippen LogP contribution in [0.25, 0.3) is 0 Å². The molecule has 1 aromatic heterocycles. The molecule has 0 amide bonds. The van der Waals surface area contributed by atoms with E-state index < -0.39 is 0 Å². The summed E-state index contributed by atoms with van der Waals surface area (Å²) in [6.45, 7) is 3.41. The maximum atomic E-state index is 5.92. The van der Waals surface area contributed by atoms with Gasteiger partial charge in [0.2, 0.25) is 0 Å².